The molecule has 1 aliphatic rings. The van der Waals surface area contributed by atoms with E-state index >= 15 is 0 Å². The predicted octanol–water partition coefficient (Wildman–Crippen LogP) is 0.616. The SMILES string of the molecule is COC(=O)c1ccc(S(=O)(=O)N2CCC(N)C(C)(C)C2)cn1. The molecule has 2 N–H and O–H groups in total. The van der Waals surface area contributed by atoms with Gasteiger partial charge in [0.15, 0.2) is 0 Å². The molecule has 1 fully saturated rings. The van der Waals surface area contributed by atoms with Crippen LogP contribution in [0.5, 0.6) is 0 Å². The standard InChI is InChI=1S/C14H21N3O4S/c1-14(2)9-17(7-6-12(14)15)22(19,20)10-4-5-11(16-8-10)13(18)21-3/h4-5,8,12H,6-7,9,15H2,1-3H3. The number of esters is 1. The first-order valence-electron chi connectivity index (χ1n) is 6.98. The maximum atomic E-state index is 12.7. The first-order chi connectivity index (χ1) is 10.2. The van der Waals surface area contributed by atoms with Crippen molar-refractivity contribution in [1.82, 2.24) is 9.29 Å². The fraction of sp³-hybridized carbons (Fsp3) is 0.571. The van der Waals surface area contributed by atoms with E-state index in [4.69, 9.17) is 5.73 Å². The van der Waals surface area contributed by atoms with E-state index < -0.39 is 16.0 Å². The number of hydrogen-bond donors (Lipinski definition) is 1. The number of methoxy groups -OCH3 is 1. The summed E-state index contributed by atoms with van der Waals surface area (Å²) in [5, 5.41) is 0. The van der Waals surface area contributed by atoms with E-state index in [0.29, 0.717) is 19.5 Å². The second-order valence-electron chi connectivity index (χ2n) is 6.09. The van der Waals surface area contributed by atoms with Crippen molar-refractivity contribution in [3.8, 4) is 0 Å². The van der Waals surface area contributed by atoms with Gasteiger partial charge in [-0.1, -0.05) is 13.8 Å². The van der Waals surface area contributed by atoms with Crippen molar-refractivity contribution < 1.29 is 17.9 Å². The third kappa shape index (κ3) is 3.13. The molecule has 122 valence electrons. The largest absolute Gasteiger partial charge is 0.464 e. The normalized spacial score (nSPS) is 22.3. The van der Waals surface area contributed by atoms with E-state index in [0.717, 1.165) is 0 Å². The third-order valence-corrected chi connectivity index (χ3v) is 5.87. The average molecular weight is 327 g/mol. The summed E-state index contributed by atoms with van der Waals surface area (Å²) in [5.41, 5.74) is 5.82. The number of sulfonamides is 1. The molecule has 1 aromatic heterocycles. The predicted molar refractivity (Wildman–Crippen MR) is 80.7 cm³/mol. The van der Waals surface area contributed by atoms with Crippen LogP contribution in [0, 0.1) is 5.41 Å². The van der Waals surface area contributed by atoms with Crippen molar-refractivity contribution in [2.24, 2.45) is 11.1 Å². The Morgan fingerprint density at radius 2 is 2.14 bits per heavy atom. The molecular formula is C14H21N3O4S. The maximum Gasteiger partial charge on any atom is 0.356 e. The summed E-state index contributed by atoms with van der Waals surface area (Å²) >= 11 is 0. The molecule has 2 heterocycles. The summed E-state index contributed by atoms with van der Waals surface area (Å²) in [6.07, 6.45) is 1.79. The lowest BCUT2D eigenvalue weighted by Gasteiger charge is -2.41. The van der Waals surface area contributed by atoms with Crippen LogP contribution in [0.25, 0.3) is 0 Å². The fourth-order valence-corrected chi connectivity index (χ4v) is 4.01. The lowest BCUT2D eigenvalue weighted by atomic mass is 9.81. The fourth-order valence-electron chi connectivity index (χ4n) is 2.44. The lowest BCUT2D eigenvalue weighted by molar-refractivity contribution is 0.0594. The van der Waals surface area contributed by atoms with E-state index in [1.54, 1.807) is 0 Å². The second kappa shape index (κ2) is 5.94. The van der Waals surface area contributed by atoms with E-state index in [1.165, 1.54) is 29.7 Å². The van der Waals surface area contributed by atoms with Gasteiger partial charge in [-0.05, 0) is 24.0 Å². The van der Waals surface area contributed by atoms with E-state index in [1.807, 2.05) is 13.8 Å². The Hall–Kier alpha value is -1.51. The number of nitrogens with zero attached hydrogens (tertiary/aromatic N) is 2. The van der Waals surface area contributed by atoms with Crippen LogP contribution in [0.2, 0.25) is 0 Å². The molecular weight excluding hydrogens is 306 g/mol. The molecule has 1 unspecified atom stereocenters. The Bertz CT molecular complexity index is 655. The Morgan fingerprint density at radius 3 is 2.64 bits per heavy atom. The van der Waals surface area contributed by atoms with Crippen LogP contribution in [0.3, 0.4) is 0 Å². The van der Waals surface area contributed by atoms with Gasteiger partial charge >= 0.3 is 5.97 Å². The third-order valence-electron chi connectivity index (χ3n) is 4.05. The van der Waals surface area contributed by atoms with Crippen LogP contribution in [0.15, 0.2) is 23.2 Å². The highest BCUT2D eigenvalue weighted by Gasteiger charge is 2.38. The zero-order valence-corrected chi connectivity index (χ0v) is 13.8. The molecule has 1 aromatic rings. The Morgan fingerprint density at radius 1 is 1.45 bits per heavy atom. The van der Waals surface area contributed by atoms with Gasteiger partial charge in [-0.2, -0.15) is 4.31 Å². The minimum absolute atomic E-state index is 0.0289. The molecule has 7 nitrogen and oxygen atoms in total. The summed E-state index contributed by atoms with van der Waals surface area (Å²) < 4.78 is 31.3. The van der Waals surface area contributed by atoms with Gasteiger partial charge < -0.3 is 10.5 Å². The van der Waals surface area contributed by atoms with E-state index in [9.17, 15) is 13.2 Å². The lowest BCUT2D eigenvalue weighted by Crippen LogP contribution is -2.53. The van der Waals surface area contributed by atoms with Crippen molar-refractivity contribution in [2.45, 2.75) is 31.2 Å². The van der Waals surface area contributed by atoms with E-state index in [-0.39, 0.29) is 22.0 Å². The molecule has 1 aliphatic heterocycles. The number of nitrogens with two attached hydrogens (primary N) is 1. The van der Waals surface area contributed by atoms with Crippen molar-refractivity contribution in [1.29, 1.82) is 0 Å². The van der Waals surface area contributed by atoms with Gasteiger partial charge in [0.05, 0.1) is 7.11 Å². The molecule has 1 atom stereocenters. The molecule has 1 saturated heterocycles. The van der Waals surface area contributed by atoms with Crippen molar-refractivity contribution in [3.63, 3.8) is 0 Å². The number of carbonyl (C=O) groups excluding carboxylic acids is 1. The van der Waals surface area contributed by atoms with Gasteiger partial charge in [0.2, 0.25) is 10.0 Å². The number of hydrogen-bond acceptors (Lipinski definition) is 6. The Labute approximate surface area is 130 Å². The van der Waals surface area contributed by atoms with Crippen LogP contribution >= 0.6 is 0 Å². The van der Waals surface area contributed by atoms with Crippen molar-refractivity contribution in [3.05, 3.63) is 24.0 Å². The molecule has 0 amide bonds. The first kappa shape index (κ1) is 16.9. The van der Waals surface area contributed by atoms with Crippen LogP contribution < -0.4 is 5.73 Å². The topological polar surface area (TPSA) is 103 Å². The summed E-state index contributed by atoms with van der Waals surface area (Å²) in [5.74, 6) is -0.603. The quantitative estimate of drug-likeness (QED) is 0.816. The molecule has 8 heteroatoms. The summed E-state index contributed by atoms with van der Waals surface area (Å²) in [6, 6.07) is 2.69. The molecule has 0 aliphatic carbocycles. The molecule has 2 rings (SSSR count). The highest BCUT2D eigenvalue weighted by molar-refractivity contribution is 7.89. The van der Waals surface area contributed by atoms with Crippen molar-refractivity contribution >= 4 is 16.0 Å². The van der Waals surface area contributed by atoms with Gasteiger partial charge in [0.25, 0.3) is 0 Å². The minimum Gasteiger partial charge on any atom is -0.464 e. The van der Waals surface area contributed by atoms with Gasteiger partial charge in [-0.3, -0.25) is 0 Å². The van der Waals surface area contributed by atoms with Crippen LogP contribution in [-0.2, 0) is 14.8 Å². The molecule has 0 spiro atoms. The smallest absolute Gasteiger partial charge is 0.356 e. The van der Waals surface area contributed by atoms with Crippen molar-refractivity contribution in [2.75, 3.05) is 20.2 Å². The summed E-state index contributed by atoms with van der Waals surface area (Å²) in [4.78, 5) is 15.3. The zero-order valence-electron chi connectivity index (χ0n) is 12.9. The molecule has 0 saturated carbocycles. The van der Waals surface area contributed by atoms with Gasteiger partial charge in [0.1, 0.15) is 10.6 Å². The average Bonchev–Trinajstić information content (AvgIpc) is 2.49. The van der Waals surface area contributed by atoms with Crippen LogP contribution in [0.4, 0.5) is 0 Å². The number of carbonyl (C=O) groups is 1. The number of piperidine rings is 1. The first-order valence-corrected chi connectivity index (χ1v) is 8.42. The number of rotatable bonds is 3. The summed E-state index contributed by atoms with van der Waals surface area (Å²) in [7, 11) is -2.40. The number of ether oxygens (including phenoxy) is 1. The van der Waals surface area contributed by atoms with Crippen LogP contribution in [-0.4, -0.2) is 49.9 Å². The molecule has 0 bridgehead atoms. The number of pyridine rings is 1. The monoisotopic (exact) mass is 327 g/mol. The highest BCUT2D eigenvalue weighted by Crippen LogP contribution is 2.31. The van der Waals surface area contributed by atoms with Gasteiger partial charge in [0, 0.05) is 25.3 Å². The second-order valence-corrected chi connectivity index (χ2v) is 8.03. The molecule has 22 heavy (non-hydrogen) atoms. The van der Waals surface area contributed by atoms with Gasteiger partial charge in [-0.25, -0.2) is 18.2 Å². The highest BCUT2D eigenvalue weighted by atomic mass is 32.2. The summed E-state index contributed by atoms with van der Waals surface area (Å²) in [6.45, 7) is 4.65. The van der Waals surface area contributed by atoms with E-state index in [2.05, 4.69) is 9.72 Å². The Kier molecular flexibility index (Phi) is 4.55. The number of aromatic nitrogens is 1. The molecule has 0 radical (unpaired) electrons. The van der Waals surface area contributed by atoms with Crippen LogP contribution in [0.1, 0.15) is 30.8 Å². The maximum absolute atomic E-state index is 12.7. The van der Waals surface area contributed by atoms with Gasteiger partial charge in [-0.15, -0.1) is 0 Å². The molecule has 0 aromatic carbocycles. The zero-order chi connectivity index (χ0) is 16.5. The minimum atomic E-state index is -3.64. The Balaban J connectivity index is 2.25.